The summed E-state index contributed by atoms with van der Waals surface area (Å²) in [6, 6.07) is 6.99. The van der Waals surface area contributed by atoms with Crippen molar-refractivity contribution in [3.8, 4) is 11.3 Å². The normalized spacial score (nSPS) is 10.6. The first-order chi connectivity index (χ1) is 14.5. The number of hydrogen-bond donors (Lipinski definition) is 4. The number of imidazole rings is 1. The fourth-order valence-corrected chi connectivity index (χ4v) is 3.32. The van der Waals surface area contributed by atoms with Gasteiger partial charge in [0.15, 0.2) is 0 Å². The number of amides is 3. The molecule has 0 aliphatic carbocycles. The van der Waals surface area contributed by atoms with Crippen molar-refractivity contribution in [2.45, 2.75) is 65.2 Å². The Bertz CT molecular complexity index is 798. The van der Waals surface area contributed by atoms with E-state index in [0.29, 0.717) is 29.4 Å². The standard InChI is InChI=1S/C23H35N5O2/c1-4-5-6-7-8-9-10-11-16-25-22(29)21-20(26-17(2)27-21)18-12-14-19(15-13-18)28-23(30)24-3/h12-15H,4-11,16H2,1-3H3,(H,25,29)(H,26,27)(H2,24,28,30). The fourth-order valence-electron chi connectivity index (χ4n) is 3.32. The highest BCUT2D eigenvalue weighted by Gasteiger charge is 2.17. The van der Waals surface area contributed by atoms with Crippen LogP contribution in [0.4, 0.5) is 10.5 Å². The number of H-pyrrole nitrogens is 1. The van der Waals surface area contributed by atoms with E-state index in [2.05, 4.69) is 32.8 Å². The zero-order valence-electron chi connectivity index (χ0n) is 18.4. The van der Waals surface area contributed by atoms with Crippen LogP contribution in [0.1, 0.15) is 74.6 Å². The van der Waals surface area contributed by atoms with Crippen LogP contribution in [-0.4, -0.2) is 35.5 Å². The third-order valence-corrected chi connectivity index (χ3v) is 5.01. The Morgan fingerprint density at radius 1 is 0.967 bits per heavy atom. The maximum Gasteiger partial charge on any atom is 0.318 e. The second-order valence-corrected chi connectivity index (χ2v) is 7.56. The number of anilines is 1. The second kappa shape index (κ2) is 12.7. The zero-order chi connectivity index (χ0) is 21.8. The van der Waals surface area contributed by atoms with Gasteiger partial charge in [0.25, 0.3) is 5.91 Å². The molecule has 30 heavy (non-hydrogen) atoms. The molecule has 164 valence electrons. The van der Waals surface area contributed by atoms with Crippen LogP contribution in [0.2, 0.25) is 0 Å². The Morgan fingerprint density at radius 2 is 1.60 bits per heavy atom. The molecule has 1 aromatic heterocycles. The summed E-state index contributed by atoms with van der Waals surface area (Å²) < 4.78 is 0. The molecule has 7 heteroatoms. The molecule has 0 radical (unpaired) electrons. The van der Waals surface area contributed by atoms with Crippen LogP contribution in [0, 0.1) is 6.92 Å². The first kappa shape index (κ1) is 23.4. The number of unbranched alkanes of at least 4 members (excludes halogenated alkanes) is 7. The molecule has 2 rings (SSSR count). The Kier molecular flexibility index (Phi) is 9.91. The molecule has 4 N–H and O–H groups in total. The number of aryl methyl sites for hydroxylation is 1. The quantitative estimate of drug-likeness (QED) is 0.368. The van der Waals surface area contributed by atoms with Crippen LogP contribution in [0.3, 0.4) is 0 Å². The van der Waals surface area contributed by atoms with Crippen molar-refractivity contribution in [2.75, 3.05) is 18.9 Å². The van der Waals surface area contributed by atoms with Crippen molar-refractivity contribution in [1.82, 2.24) is 20.6 Å². The van der Waals surface area contributed by atoms with Gasteiger partial charge in [-0.25, -0.2) is 9.78 Å². The molecule has 1 heterocycles. The lowest BCUT2D eigenvalue weighted by Crippen LogP contribution is -2.25. The molecule has 7 nitrogen and oxygen atoms in total. The van der Waals surface area contributed by atoms with Crippen LogP contribution in [0.25, 0.3) is 11.3 Å². The van der Waals surface area contributed by atoms with Gasteiger partial charge in [-0.2, -0.15) is 0 Å². The molecule has 0 bridgehead atoms. The molecule has 0 aliphatic heterocycles. The Labute approximate surface area is 179 Å². The zero-order valence-corrected chi connectivity index (χ0v) is 18.4. The topological polar surface area (TPSA) is 98.9 Å². The SMILES string of the molecule is CCCCCCCCCCNC(=O)c1[nH]c(C)nc1-c1ccc(NC(=O)NC)cc1. The molecule has 0 atom stereocenters. The predicted molar refractivity (Wildman–Crippen MR) is 122 cm³/mol. The molecule has 0 aliphatic rings. The lowest BCUT2D eigenvalue weighted by atomic mass is 10.1. The average Bonchev–Trinajstić information content (AvgIpc) is 3.14. The van der Waals surface area contributed by atoms with Crippen molar-refractivity contribution in [2.24, 2.45) is 0 Å². The minimum absolute atomic E-state index is 0.138. The Hall–Kier alpha value is -2.83. The van der Waals surface area contributed by atoms with E-state index < -0.39 is 0 Å². The van der Waals surface area contributed by atoms with E-state index in [0.717, 1.165) is 18.4 Å². The average molecular weight is 414 g/mol. The molecule has 0 saturated heterocycles. The minimum atomic E-state index is -0.278. The van der Waals surface area contributed by atoms with Crippen molar-refractivity contribution >= 4 is 17.6 Å². The van der Waals surface area contributed by atoms with Crippen molar-refractivity contribution in [3.05, 3.63) is 35.8 Å². The van der Waals surface area contributed by atoms with Gasteiger partial charge in [-0.3, -0.25) is 4.79 Å². The van der Waals surface area contributed by atoms with E-state index in [-0.39, 0.29) is 11.9 Å². The van der Waals surface area contributed by atoms with Crippen LogP contribution >= 0.6 is 0 Å². The number of aromatic nitrogens is 2. The van der Waals surface area contributed by atoms with Crippen LogP contribution in [0.5, 0.6) is 0 Å². The third kappa shape index (κ3) is 7.54. The number of urea groups is 1. The summed E-state index contributed by atoms with van der Waals surface area (Å²) in [5.74, 6) is 0.552. The third-order valence-electron chi connectivity index (χ3n) is 5.01. The summed E-state index contributed by atoms with van der Waals surface area (Å²) in [7, 11) is 1.56. The smallest absolute Gasteiger partial charge is 0.318 e. The molecule has 0 saturated carbocycles. The number of benzene rings is 1. The molecular formula is C23H35N5O2. The summed E-state index contributed by atoms with van der Waals surface area (Å²) in [5, 5.41) is 8.23. The lowest BCUT2D eigenvalue weighted by molar-refractivity contribution is 0.0949. The summed E-state index contributed by atoms with van der Waals surface area (Å²) in [6.45, 7) is 4.73. The van der Waals surface area contributed by atoms with E-state index in [1.807, 2.05) is 19.1 Å². The summed E-state index contributed by atoms with van der Waals surface area (Å²) in [5.41, 5.74) is 2.58. The van der Waals surface area contributed by atoms with Crippen molar-refractivity contribution < 1.29 is 9.59 Å². The molecule has 0 spiro atoms. The Balaban J connectivity index is 1.85. The maximum atomic E-state index is 12.7. The summed E-state index contributed by atoms with van der Waals surface area (Å²) >= 11 is 0. The first-order valence-electron chi connectivity index (χ1n) is 11.0. The highest BCUT2D eigenvalue weighted by molar-refractivity contribution is 5.98. The number of carbonyl (C=O) groups is 2. The monoisotopic (exact) mass is 413 g/mol. The van der Waals surface area contributed by atoms with Gasteiger partial charge >= 0.3 is 6.03 Å². The maximum absolute atomic E-state index is 12.7. The molecule has 2 aromatic rings. The van der Waals surface area contributed by atoms with Gasteiger partial charge in [0.05, 0.1) is 0 Å². The van der Waals surface area contributed by atoms with Gasteiger partial charge in [-0.05, 0) is 25.5 Å². The van der Waals surface area contributed by atoms with Crippen molar-refractivity contribution in [1.29, 1.82) is 0 Å². The lowest BCUT2D eigenvalue weighted by Gasteiger charge is -2.07. The van der Waals surface area contributed by atoms with Crippen molar-refractivity contribution in [3.63, 3.8) is 0 Å². The van der Waals surface area contributed by atoms with Gasteiger partial charge in [-0.1, -0.05) is 64.0 Å². The Morgan fingerprint density at radius 3 is 2.23 bits per heavy atom. The number of nitrogens with one attached hydrogen (secondary N) is 4. The highest BCUT2D eigenvalue weighted by atomic mass is 16.2. The molecule has 0 fully saturated rings. The highest BCUT2D eigenvalue weighted by Crippen LogP contribution is 2.23. The largest absolute Gasteiger partial charge is 0.351 e. The predicted octanol–water partition coefficient (Wildman–Crippen LogP) is 5.01. The van der Waals surface area contributed by atoms with Crippen LogP contribution < -0.4 is 16.0 Å². The van der Waals surface area contributed by atoms with E-state index in [9.17, 15) is 9.59 Å². The molecule has 0 unspecified atom stereocenters. The van der Waals surface area contributed by atoms with Crippen LogP contribution in [0.15, 0.2) is 24.3 Å². The van der Waals surface area contributed by atoms with E-state index in [4.69, 9.17) is 0 Å². The fraction of sp³-hybridized carbons (Fsp3) is 0.522. The first-order valence-corrected chi connectivity index (χ1v) is 11.0. The molecule has 3 amide bonds. The van der Waals surface area contributed by atoms with Gasteiger partial charge in [0, 0.05) is 24.8 Å². The number of nitrogens with zero attached hydrogens (tertiary/aromatic N) is 1. The summed E-state index contributed by atoms with van der Waals surface area (Å²) in [4.78, 5) is 31.6. The van der Waals surface area contributed by atoms with Crippen LogP contribution in [-0.2, 0) is 0 Å². The van der Waals surface area contributed by atoms with E-state index >= 15 is 0 Å². The number of aromatic amines is 1. The van der Waals surface area contributed by atoms with E-state index in [1.165, 1.54) is 38.5 Å². The number of rotatable bonds is 12. The van der Waals surface area contributed by atoms with E-state index in [1.54, 1.807) is 19.2 Å². The number of carbonyl (C=O) groups excluding carboxylic acids is 2. The summed E-state index contributed by atoms with van der Waals surface area (Å²) in [6.07, 6.45) is 9.88. The van der Waals surface area contributed by atoms with Gasteiger partial charge in [0.2, 0.25) is 0 Å². The minimum Gasteiger partial charge on any atom is -0.351 e. The molecular weight excluding hydrogens is 378 g/mol. The molecule has 1 aromatic carbocycles. The second-order valence-electron chi connectivity index (χ2n) is 7.56. The van der Waals surface area contributed by atoms with Gasteiger partial charge in [0.1, 0.15) is 17.2 Å². The number of hydrogen-bond acceptors (Lipinski definition) is 3. The van der Waals surface area contributed by atoms with Gasteiger partial charge < -0.3 is 20.9 Å². The van der Waals surface area contributed by atoms with Gasteiger partial charge in [-0.15, -0.1) is 0 Å².